The molecule has 0 saturated heterocycles. The predicted octanol–water partition coefficient (Wildman–Crippen LogP) is 3.07. The number of carbonyl (C=O) groups excluding carboxylic acids is 1. The highest BCUT2D eigenvalue weighted by Crippen LogP contribution is 2.27. The second-order valence-electron chi connectivity index (χ2n) is 6.74. The third-order valence-electron chi connectivity index (χ3n) is 3.62. The van der Waals surface area contributed by atoms with Crippen LogP contribution in [0.5, 0.6) is 5.75 Å². The van der Waals surface area contributed by atoms with Gasteiger partial charge >= 0.3 is 11.7 Å². The summed E-state index contributed by atoms with van der Waals surface area (Å²) in [7, 11) is 0. The van der Waals surface area contributed by atoms with E-state index >= 15 is 0 Å². The van der Waals surface area contributed by atoms with E-state index in [1.165, 1.54) is 0 Å². The monoisotopic (exact) mass is 425 g/mol. The molecule has 0 saturated carbocycles. The van der Waals surface area contributed by atoms with E-state index in [-0.39, 0.29) is 18.2 Å². The maximum atomic E-state index is 12.7. The second-order valence-corrected chi connectivity index (χ2v) is 7.60. The van der Waals surface area contributed by atoms with Gasteiger partial charge in [0.2, 0.25) is 0 Å². The molecule has 1 amide bonds. The summed E-state index contributed by atoms with van der Waals surface area (Å²) in [5.41, 5.74) is -0.136. The van der Waals surface area contributed by atoms with Crippen molar-refractivity contribution in [2.45, 2.75) is 59.7 Å². The van der Waals surface area contributed by atoms with Crippen molar-refractivity contribution < 1.29 is 9.53 Å². The number of hydrogen-bond acceptors (Lipinski definition) is 5. The van der Waals surface area contributed by atoms with Gasteiger partial charge < -0.3 is 9.64 Å². The van der Waals surface area contributed by atoms with E-state index in [4.69, 9.17) is 4.74 Å². The van der Waals surface area contributed by atoms with Gasteiger partial charge in [0.1, 0.15) is 5.75 Å². The van der Waals surface area contributed by atoms with Gasteiger partial charge in [-0.15, -0.1) is 4.68 Å². The number of tetrazole rings is 1. The number of nitrogens with zero attached hydrogens (tertiary/aromatic N) is 5. The van der Waals surface area contributed by atoms with Crippen molar-refractivity contribution in [3.63, 3.8) is 0 Å². The maximum Gasteiger partial charge on any atom is 0.377 e. The maximum absolute atomic E-state index is 12.7. The van der Waals surface area contributed by atoms with Gasteiger partial charge in [-0.25, -0.2) is 9.59 Å². The zero-order chi connectivity index (χ0) is 19.6. The molecule has 0 spiro atoms. The van der Waals surface area contributed by atoms with Crippen LogP contribution in [0.3, 0.4) is 0 Å². The molecule has 2 aromatic rings. The summed E-state index contributed by atoms with van der Waals surface area (Å²) >= 11 is 3.42. The summed E-state index contributed by atoms with van der Waals surface area (Å²) in [4.78, 5) is 26.9. The van der Waals surface area contributed by atoms with Crippen LogP contribution in [0.2, 0.25) is 0 Å². The quantitative estimate of drug-likeness (QED) is 0.687. The van der Waals surface area contributed by atoms with Gasteiger partial charge in [0.05, 0.1) is 16.3 Å². The van der Waals surface area contributed by atoms with E-state index in [2.05, 4.69) is 26.4 Å². The number of amides is 1. The van der Waals surface area contributed by atoms with E-state index in [1.807, 2.05) is 41.5 Å². The molecule has 142 valence electrons. The minimum Gasteiger partial charge on any atom is -0.490 e. The summed E-state index contributed by atoms with van der Waals surface area (Å²) in [6.45, 7) is 11.4. The van der Waals surface area contributed by atoms with Gasteiger partial charge in [-0.05, 0) is 86.1 Å². The lowest BCUT2D eigenvalue weighted by Gasteiger charge is -2.29. The van der Waals surface area contributed by atoms with Crippen molar-refractivity contribution in [2.75, 3.05) is 0 Å². The SMILES string of the molecule is CC(C)Oc1ccc(-n2nnn(C(=O)N(C(C)C)C(C)C)c2=O)cc1Br. The van der Waals surface area contributed by atoms with Crippen LogP contribution in [0.25, 0.3) is 5.69 Å². The third-order valence-corrected chi connectivity index (χ3v) is 4.24. The molecule has 0 radical (unpaired) electrons. The molecule has 0 bridgehead atoms. The van der Waals surface area contributed by atoms with E-state index in [1.54, 1.807) is 23.1 Å². The fourth-order valence-corrected chi connectivity index (χ4v) is 3.11. The van der Waals surface area contributed by atoms with Gasteiger partial charge in [-0.2, -0.15) is 4.68 Å². The van der Waals surface area contributed by atoms with E-state index < -0.39 is 11.7 Å². The summed E-state index contributed by atoms with van der Waals surface area (Å²) in [5, 5.41) is 7.61. The van der Waals surface area contributed by atoms with E-state index in [9.17, 15) is 9.59 Å². The number of hydrogen-bond donors (Lipinski definition) is 0. The zero-order valence-electron chi connectivity index (χ0n) is 15.8. The lowest BCUT2D eigenvalue weighted by molar-refractivity contribution is 0.162. The number of ether oxygens (including phenoxy) is 1. The highest BCUT2D eigenvalue weighted by molar-refractivity contribution is 9.10. The first kappa shape index (κ1) is 20.2. The van der Waals surface area contributed by atoms with Crippen molar-refractivity contribution in [1.82, 2.24) is 24.7 Å². The molecule has 8 nitrogen and oxygen atoms in total. The summed E-state index contributed by atoms with van der Waals surface area (Å²) in [5.74, 6) is 0.658. The van der Waals surface area contributed by atoms with Crippen LogP contribution in [0.4, 0.5) is 4.79 Å². The Balaban J connectivity index is 2.39. The topological polar surface area (TPSA) is 82.2 Å². The number of aromatic nitrogens is 4. The molecule has 1 heterocycles. The molecular weight excluding hydrogens is 402 g/mol. The average Bonchev–Trinajstić information content (AvgIpc) is 2.89. The van der Waals surface area contributed by atoms with Crippen LogP contribution < -0.4 is 10.4 Å². The average molecular weight is 426 g/mol. The molecule has 0 N–H and O–H groups in total. The zero-order valence-corrected chi connectivity index (χ0v) is 17.4. The van der Waals surface area contributed by atoms with Crippen LogP contribution in [0.1, 0.15) is 41.5 Å². The summed E-state index contributed by atoms with van der Waals surface area (Å²) in [6, 6.07) is 4.50. The van der Waals surface area contributed by atoms with Crippen molar-refractivity contribution in [2.24, 2.45) is 0 Å². The Morgan fingerprint density at radius 1 is 1.12 bits per heavy atom. The Morgan fingerprint density at radius 2 is 1.73 bits per heavy atom. The van der Waals surface area contributed by atoms with Crippen molar-refractivity contribution >= 4 is 22.0 Å². The largest absolute Gasteiger partial charge is 0.490 e. The Labute approximate surface area is 160 Å². The predicted molar refractivity (Wildman–Crippen MR) is 102 cm³/mol. The Hall–Kier alpha value is -2.16. The standard InChI is InChI=1S/C17H24BrN5O3/c1-10(2)21(11(3)4)16(24)23-17(25)22(19-20-23)13-7-8-15(14(18)9-13)26-12(5)6/h7-12H,1-6H3. The van der Waals surface area contributed by atoms with Gasteiger partial charge in [-0.3, -0.25) is 0 Å². The highest BCUT2D eigenvalue weighted by Gasteiger charge is 2.26. The van der Waals surface area contributed by atoms with Crippen LogP contribution in [-0.4, -0.2) is 48.9 Å². The normalized spacial score (nSPS) is 11.5. The van der Waals surface area contributed by atoms with Gasteiger partial charge in [0, 0.05) is 12.1 Å². The molecule has 0 unspecified atom stereocenters. The van der Waals surface area contributed by atoms with Gasteiger partial charge in [-0.1, -0.05) is 0 Å². The van der Waals surface area contributed by atoms with E-state index in [0.717, 1.165) is 9.36 Å². The van der Waals surface area contributed by atoms with Crippen molar-refractivity contribution in [1.29, 1.82) is 0 Å². The minimum absolute atomic E-state index is 0.0245. The number of rotatable bonds is 5. The Kier molecular flexibility index (Phi) is 6.22. The molecule has 26 heavy (non-hydrogen) atoms. The highest BCUT2D eigenvalue weighted by atomic mass is 79.9. The lowest BCUT2D eigenvalue weighted by Crippen LogP contribution is -2.47. The first-order chi connectivity index (χ1) is 12.1. The van der Waals surface area contributed by atoms with E-state index in [0.29, 0.717) is 15.9 Å². The Morgan fingerprint density at radius 3 is 2.23 bits per heavy atom. The second kappa shape index (κ2) is 8.03. The molecule has 0 aliphatic rings. The summed E-state index contributed by atoms with van der Waals surface area (Å²) in [6.07, 6.45) is 0.0245. The Bertz CT molecular complexity index is 833. The van der Waals surface area contributed by atoms with Crippen LogP contribution in [0, 0.1) is 0 Å². The van der Waals surface area contributed by atoms with Gasteiger partial charge in [0.25, 0.3) is 0 Å². The first-order valence-corrected chi connectivity index (χ1v) is 9.27. The fraction of sp³-hybridized carbons (Fsp3) is 0.529. The molecule has 2 rings (SSSR count). The first-order valence-electron chi connectivity index (χ1n) is 8.47. The van der Waals surface area contributed by atoms with Crippen molar-refractivity contribution in [3.8, 4) is 11.4 Å². The fourth-order valence-electron chi connectivity index (χ4n) is 2.65. The van der Waals surface area contributed by atoms with Crippen LogP contribution >= 0.6 is 15.9 Å². The smallest absolute Gasteiger partial charge is 0.377 e. The van der Waals surface area contributed by atoms with Crippen LogP contribution in [0.15, 0.2) is 27.5 Å². The third kappa shape index (κ3) is 4.14. The molecule has 0 aliphatic carbocycles. The molecule has 1 aromatic heterocycles. The minimum atomic E-state index is -0.620. The molecule has 1 aromatic carbocycles. The summed E-state index contributed by atoms with van der Waals surface area (Å²) < 4.78 is 8.21. The molecular formula is C17H24BrN5O3. The number of benzene rings is 1. The lowest BCUT2D eigenvalue weighted by atomic mass is 10.2. The molecule has 9 heteroatoms. The molecule has 0 atom stereocenters. The van der Waals surface area contributed by atoms with Crippen LogP contribution in [-0.2, 0) is 0 Å². The number of carbonyl (C=O) groups is 1. The van der Waals surface area contributed by atoms with Gasteiger partial charge in [0.15, 0.2) is 0 Å². The molecule has 0 fully saturated rings. The molecule has 0 aliphatic heterocycles. The number of halogens is 1. The van der Waals surface area contributed by atoms with Crippen molar-refractivity contribution in [3.05, 3.63) is 33.2 Å².